The molecule has 0 saturated carbocycles. The topological polar surface area (TPSA) is 156 Å². The third-order valence-corrected chi connectivity index (χ3v) is 6.07. The molecular formula is C24H21F3N6O7. The lowest BCUT2D eigenvalue weighted by molar-refractivity contribution is -0.142. The van der Waals surface area contributed by atoms with Gasteiger partial charge in [0, 0.05) is 44.6 Å². The monoisotopic (exact) mass is 562 g/mol. The Labute approximate surface area is 223 Å². The highest BCUT2D eigenvalue weighted by Crippen LogP contribution is 2.37. The summed E-state index contributed by atoms with van der Waals surface area (Å²) in [5, 5.41) is 22.4. The van der Waals surface area contributed by atoms with Crippen molar-refractivity contribution in [3.63, 3.8) is 0 Å². The molecular weight excluding hydrogens is 541 g/mol. The molecule has 2 N–H and O–H groups in total. The number of rotatable bonds is 6. The van der Waals surface area contributed by atoms with Gasteiger partial charge < -0.3 is 34.0 Å². The highest BCUT2D eigenvalue weighted by Gasteiger charge is 2.38. The summed E-state index contributed by atoms with van der Waals surface area (Å²) in [7, 11) is 0. The second-order valence-corrected chi connectivity index (χ2v) is 8.54. The van der Waals surface area contributed by atoms with Gasteiger partial charge in [0.2, 0.25) is 5.65 Å². The summed E-state index contributed by atoms with van der Waals surface area (Å²) in [6.07, 6.45) is -0.578. The smallest absolute Gasteiger partial charge is 0.437 e. The first-order chi connectivity index (χ1) is 19.2. The summed E-state index contributed by atoms with van der Waals surface area (Å²) in [5.41, 5.74) is -1.39. The van der Waals surface area contributed by atoms with E-state index in [1.807, 2.05) is 0 Å². The van der Waals surface area contributed by atoms with Crippen molar-refractivity contribution in [2.45, 2.75) is 6.18 Å². The number of phenolic OH excluding ortho intramolecular Hbond substituents is 1. The number of carbonyl (C=O) groups excluding carboxylic acids is 2. The maximum atomic E-state index is 13.3. The zero-order valence-electron chi connectivity index (χ0n) is 20.5. The van der Waals surface area contributed by atoms with Crippen molar-refractivity contribution >= 4 is 17.6 Å². The van der Waals surface area contributed by atoms with Gasteiger partial charge >= 0.3 is 12.3 Å². The molecule has 1 aliphatic heterocycles. The normalized spacial score (nSPS) is 14.0. The lowest BCUT2D eigenvalue weighted by atomic mass is 10.1. The molecule has 0 bridgehead atoms. The number of nitrogens with zero attached hydrogens (tertiary/aromatic N) is 6. The number of aromatic nitrogens is 4. The van der Waals surface area contributed by atoms with Crippen LogP contribution >= 0.6 is 0 Å². The lowest BCUT2D eigenvalue weighted by Gasteiger charge is -2.34. The minimum atomic E-state index is -4.74. The number of fused-ring (bicyclic) bond motifs is 1. The van der Waals surface area contributed by atoms with Gasteiger partial charge in [0.15, 0.2) is 5.69 Å². The van der Waals surface area contributed by atoms with Crippen molar-refractivity contribution in [2.24, 2.45) is 0 Å². The average molecular weight is 562 g/mol. The van der Waals surface area contributed by atoms with Crippen LogP contribution in [0.5, 0.6) is 17.4 Å². The molecule has 0 spiro atoms. The number of piperazine rings is 1. The quantitative estimate of drug-likeness (QED) is 0.358. The van der Waals surface area contributed by atoms with E-state index in [4.69, 9.17) is 14.6 Å². The van der Waals surface area contributed by atoms with Gasteiger partial charge in [-0.15, -0.1) is 0 Å². The summed E-state index contributed by atoms with van der Waals surface area (Å²) in [4.78, 5) is 36.0. The lowest BCUT2D eigenvalue weighted by Crippen LogP contribution is -2.50. The van der Waals surface area contributed by atoms with Gasteiger partial charge in [-0.05, 0) is 12.1 Å². The van der Waals surface area contributed by atoms with E-state index in [2.05, 4.69) is 19.6 Å². The van der Waals surface area contributed by atoms with E-state index in [-0.39, 0.29) is 79.2 Å². The maximum absolute atomic E-state index is 13.3. The zero-order valence-corrected chi connectivity index (χ0v) is 20.5. The van der Waals surface area contributed by atoms with Crippen molar-refractivity contribution in [3.8, 4) is 28.6 Å². The van der Waals surface area contributed by atoms with Crippen LogP contribution in [0, 0.1) is 0 Å². The molecule has 0 atom stereocenters. The molecule has 0 aliphatic carbocycles. The number of aliphatic hydroxyl groups is 1. The summed E-state index contributed by atoms with van der Waals surface area (Å²) in [6.45, 7) is 0.455. The number of hydrogen-bond acceptors (Lipinski definition) is 10. The molecule has 5 rings (SSSR count). The third-order valence-electron chi connectivity index (χ3n) is 6.07. The predicted octanol–water partition coefficient (Wildman–Crippen LogP) is 2.79. The van der Waals surface area contributed by atoms with E-state index in [1.54, 1.807) is 0 Å². The van der Waals surface area contributed by atoms with Crippen molar-refractivity contribution in [1.29, 1.82) is 0 Å². The molecule has 2 amide bonds. The molecule has 1 saturated heterocycles. The fourth-order valence-corrected chi connectivity index (χ4v) is 4.14. The van der Waals surface area contributed by atoms with Crippen LogP contribution in [-0.4, -0.2) is 90.9 Å². The Morgan fingerprint density at radius 2 is 1.85 bits per heavy atom. The Balaban J connectivity index is 1.30. The van der Waals surface area contributed by atoms with Crippen molar-refractivity contribution < 1.29 is 47.0 Å². The largest absolute Gasteiger partial charge is 0.507 e. The molecule has 0 unspecified atom stereocenters. The average Bonchev–Trinajstić information content (AvgIpc) is 3.59. The van der Waals surface area contributed by atoms with Crippen molar-refractivity contribution in [1.82, 2.24) is 29.3 Å². The second kappa shape index (κ2) is 10.7. The fraction of sp³-hybridized carbons (Fsp3) is 0.292. The number of imidazole rings is 1. The first-order valence-electron chi connectivity index (χ1n) is 11.8. The first kappa shape index (κ1) is 26.7. The summed E-state index contributed by atoms with van der Waals surface area (Å²) >= 11 is 0. The number of carbonyl (C=O) groups is 2. The van der Waals surface area contributed by atoms with E-state index in [0.29, 0.717) is 0 Å². The summed E-state index contributed by atoms with van der Waals surface area (Å²) < 4.78 is 56.4. The van der Waals surface area contributed by atoms with E-state index < -0.39 is 23.9 Å². The van der Waals surface area contributed by atoms with Crippen LogP contribution in [0.1, 0.15) is 16.1 Å². The Morgan fingerprint density at radius 3 is 2.55 bits per heavy atom. The Kier molecular flexibility index (Phi) is 7.17. The Morgan fingerprint density at radius 1 is 1.10 bits per heavy atom. The zero-order chi connectivity index (χ0) is 28.4. The van der Waals surface area contributed by atoms with Gasteiger partial charge in [0.05, 0.1) is 29.6 Å². The predicted molar refractivity (Wildman–Crippen MR) is 128 cm³/mol. The van der Waals surface area contributed by atoms with Gasteiger partial charge in [-0.2, -0.15) is 13.2 Å². The number of ether oxygens (including phenoxy) is 2. The Bertz CT molecular complexity index is 1550. The van der Waals surface area contributed by atoms with E-state index in [9.17, 15) is 27.9 Å². The molecule has 1 aromatic carbocycles. The molecule has 0 radical (unpaired) electrons. The van der Waals surface area contributed by atoms with Gasteiger partial charge in [0.25, 0.3) is 11.8 Å². The van der Waals surface area contributed by atoms with E-state index in [0.717, 1.165) is 6.26 Å². The van der Waals surface area contributed by atoms with Crippen LogP contribution in [0.2, 0.25) is 0 Å². The third kappa shape index (κ3) is 5.20. The number of alkyl halides is 3. The Hall–Kier alpha value is -4.86. The number of benzene rings is 1. The van der Waals surface area contributed by atoms with Gasteiger partial charge in [-0.1, -0.05) is 5.16 Å². The number of phenols is 1. The number of hydrogen-bond donors (Lipinski definition) is 2. The molecule has 210 valence electrons. The molecule has 4 heterocycles. The molecule has 3 aromatic heterocycles. The minimum Gasteiger partial charge on any atom is -0.507 e. The molecule has 13 nitrogen and oxygen atoms in total. The maximum Gasteiger partial charge on any atom is 0.437 e. The number of amides is 2. The van der Waals surface area contributed by atoms with E-state index >= 15 is 0 Å². The standard InChI is InChI=1S/C24H21F3N6O7/c25-24(26,27)19-16(13-39-30-19)17-12-29-20-21(28-3-4-33(17)20)40-14-1-2-15(18(35)11-14)22(36)31-5-7-32(8-6-31)23(37)38-10-9-34/h1-4,11-13,34-35H,5-10H2. The number of aromatic hydroxyl groups is 1. The summed E-state index contributed by atoms with van der Waals surface area (Å²) in [5.74, 6) is -0.805. The molecule has 16 heteroatoms. The number of aliphatic hydroxyl groups excluding tert-OH is 1. The van der Waals surface area contributed by atoms with Crippen molar-refractivity contribution in [3.05, 3.63) is 54.3 Å². The van der Waals surface area contributed by atoms with Crippen LogP contribution in [-0.2, 0) is 10.9 Å². The van der Waals surface area contributed by atoms with Crippen molar-refractivity contribution in [2.75, 3.05) is 39.4 Å². The van der Waals surface area contributed by atoms with Gasteiger partial charge in [-0.25, -0.2) is 14.8 Å². The second-order valence-electron chi connectivity index (χ2n) is 8.54. The van der Waals surface area contributed by atoms with Crippen LogP contribution < -0.4 is 4.74 Å². The fourth-order valence-electron chi connectivity index (χ4n) is 4.14. The first-order valence-corrected chi connectivity index (χ1v) is 11.8. The van der Waals surface area contributed by atoms with E-state index in [1.165, 1.54) is 51.0 Å². The van der Waals surface area contributed by atoms with Crippen LogP contribution in [0.3, 0.4) is 0 Å². The SMILES string of the molecule is O=C(OCCO)N1CCN(C(=O)c2ccc(Oc3nccn4c(-c5conc5C(F)(F)F)cnc34)cc2O)CC1. The molecule has 40 heavy (non-hydrogen) atoms. The molecule has 1 aliphatic rings. The van der Waals surface area contributed by atoms with Gasteiger partial charge in [-0.3, -0.25) is 9.20 Å². The van der Waals surface area contributed by atoms with Crippen LogP contribution in [0.15, 0.2) is 47.6 Å². The minimum absolute atomic E-state index is 0.00469. The van der Waals surface area contributed by atoms with Gasteiger partial charge in [0.1, 0.15) is 24.4 Å². The highest BCUT2D eigenvalue weighted by molar-refractivity contribution is 5.97. The van der Waals surface area contributed by atoms with Crippen LogP contribution in [0.25, 0.3) is 16.9 Å². The molecule has 1 fully saturated rings. The highest BCUT2D eigenvalue weighted by atomic mass is 19.4. The molecule has 4 aromatic rings. The summed E-state index contributed by atoms with van der Waals surface area (Å²) in [6, 6.07) is 3.98. The number of halogens is 3. The van der Waals surface area contributed by atoms with Crippen LogP contribution in [0.4, 0.5) is 18.0 Å².